The maximum atomic E-state index is 11.8. The van der Waals surface area contributed by atoms with Crippen molar-refractivity contribution in [1.82, 2.24) is 14.9 Å². The second-order valence-electron chi connectivity index (χ2n) is 6.58. The fourth-order valence-electron chi connectivity index (χ4n) is 3.25. The first-order valence-corrected chi connectivity index (χ1v) is 8.91. The van der Waals surface area contributed by atoms with Crippen LogP contribution in [0.5, 0.6) is 0 Å². The zero-order chi connectivity index (χ0) is 16.9. The number of piperazine rings is 1. The minimum Gasteiger partial charge on any atom is -0.450 e. The fourth-order valence-corrected chi connectivity index (χ4v) is 3.25. The third kappa shape index (κ3) is 3.88. The lowest BCUT2D eigenvalue weighted by Crippen LogP contribution is -2.49. The number of carbonyl (C=O) groups excluding carboxylic acids is 1. The Balaban J connectivity index is 1.60. The predicted octanol–water partition coefficient (Wildman–Crippen LogP) is 1.99. The highest BCUT2D eigenvalue weighted by Crippen LogP contribution is 2.24. The van der Waals surface area contributed by atoms with Gasteiger partial charge >= 0.3 is 6.09 Å². The van der Waals surface area contributed by atoms with E-state index in [4.69, 9.17) is 4.74 Å². The maximum Gasteiger partial charge on any atom is 0.409 e. The summed E-state index contributed by atoms with van der Waals surface area (Å²) in [5.74, 6) is 2.76. The summed E-state index contributed by atoms with van der Waals surface area (Å²) in [6.07, 6.45) is 3.87. The van der Waals surface area contributed by atoms with Crippen molar-refractivity contribution < 1.29 is 9.53 Å². The molecule has 132 valence electrons. The molecule has 2 saturated heterocycles. The van der Waals surface area contributed by atoms with E-state index in [0.717, 1.165) is 43.7 Å². The number of anilines is 2. The van der Waals surface area contributed by atoms with Crippen LogP contribution in [0.4, 0.5) is 16.4 Å². The minimum atomic E-state index is -0.219. The normalized spacial score (nSPS) is 19.5. The summed E-state index contributed by atoms with van der Waals surface area (Å²) in [6.45, 7) is 9.56. The van der Waals surface area contributed by atoms with E-state index < -0.39 is 0 Å². The Morgan fingerprint density at radius 3 is 2.25 bits per heavy atom. The van der Waals surface area contributed by atoms with Gasteiger partial charge in [-0.3, -0.25) is 0 Å². The van der Waals surface area contributed by atoms with Crippen LogP contribution in [0.3, 0.4) is 0 Å². The molecule has 0 saturated carbocycles. The predicted molar refractivity (Wildman–Crippen MR) is 93.5 cm³/mol. The van der Waals surface area contributed by atoms with Crippen LogP contribution < -0.4 is 9.80 Å². The van der Waals surface area contributed by atoms with Crippen LogP contribution in [0.2, 0.25) is 0 Å². The number of amides is 1. The van der Waals surface area contributed by atoms with E-state index in [9.17, 15) is 4.79 Å². The van der Waals surface area contributed by atoms with Gasteiger partial charge in [-0.05, 0) is 25.7 Å². The van der Waals surface area contributed by atoms with Crippen LogP contribution in [-0.4, -0.2) is 66.8 Å². The number of carbonyl (C=O) groups is 1. The van der Waals surface area contributed by atoms with Crippen LogP contribution in [0.1, 0.15) is 26.7 Å². The van der Waals surface area contributed by atoms with E-state index in [0.29, 0.717) is 19.7 Å². The van der Waals surface area contributed by atoms with Crippen molar-refractivity contribution in [3.8, 4) is 0 Å². The molecule has 0 bridgehead atoms. The van der Waals surface area contributed by atoms with Gasteiger partial charge in [-0.25, -0.2) is 14.8 Å². The van der Waals surface area contributed by atoms with E-state index in [1.165, 1.54) is 12.8 Å². The molecular weight excluding hydrogens is 306 g/mol. The summed E-state index contributed by atoms with van der Waals surface area (Å²) < 4.78 is 5.07. The van der Waals surface area contributed by atoms with Crippen molar-refractivity contribution in [3.05, 3.63) is 12.4 Å². The number of hydrogen-bond acceptors (Lipinski definition) is 6. The number of ether oxygens (including phenoxy) is 1. The number of piperidine rings is 1. The van der Waals surface area contributed by atoms with E-state index >= 15 is 0 Å². The Hall–Kier alpha value is -2.05. The largest absolute Gasteiger partial charge is 0.450 e. The molecule has 24 heavy (non-hydrogen) atoms. The standard InChI is InChI=1S/C17H27N5O2/c1-3-24-17(23)22-10-8-21(9-11-22)16-12-15(18-13-19-16)20-6-4-14(2)5-7-20/h12-14H,3-11H2,1-2H3. The highest BCUT2D eigenvalue weighted by atomic mass is 16.6. The molecule has 7 heteroatoms. The average molecular weight is 333 g/mol. The second-order valence-corrected chi connectivity index (χ2v) is 6.58. The van der Waals surface area contributed by atoms with Gasteiger partial charge in [0.15, 0.2) is 0 Å². The first kappa shape index (κ1) is 16.8. The Labute approximate surface area is 143 Å². The van der Waals surface area contributed by atoms with Crippen molar-refractivity contribution in [2.24, 2.45) is 5.92 Å². The molecule has 2 aliphatic heterocycles. The number of rotatable bonds is 3. The number of aromatic nitrogens is 2. The van der Waals surface area contributed by atoms with Crippen molar-refractivity contribution in [3.63, 3.8) is 0 Å². The molecule has 0 unspecified atom stereocenters. The molecule has 1 aromatic heterocycles. The second kappa shape index (κ2) is 7.68. The smallest absolute Gasteiger partial charge is 0.409 e. The summed E-state index contributed by atoms with van der Waals surface area (Å²) in [6, 6.07) is 2.08. The molecular formula is C17H27N5O2. The first-order chi connectivity index (χ1) is 11.7. The van der Waals surface area contributed by atoms with E-state index in [2.05, 4.69) is 32.8 Å². The van der Waals surface area contributed by atoms with Crippen LogP contribution in [0.15, 0.2) is 12.4 Å². The summed E-state index contributed by atoms with van der Waals surface area (Å²) >= 11 is 0. The van der Waals surface area contributed by atoms with Gasteiger partial charge in [0.2, 0.25) is 0 Å². The van der Waals surface area contributed by atoms with Gasteiger partial charge in [-0.1, -0.05) is 6.92 Å². The van der Waals surface area contributed by atoms with Crippen LogP contribution >= 0.6 is 0 Å². The summed E-state index contributed by atoms with van der Waals surface area (Å²) in [4.78, 5) is 27.0. The Morgan fingerprint density at radius 2 is 1.67 bits per heavy atom. The van der Waals surface area contributed by atoms with Crippen LogP contribution in [0, 0.1) is 5.92 Å². The highest BCUT2D eigenvalue weighted by Gasteiger charge is 2.24. The lowest BCUT2D eigenvalue weighted by molar-refractivity contribution is 0.105. The van der Waals surface area contributed by atoms with Gasteiger partial charge in [-0.2, -0.15) is 0 Å². The van der Waals surface area contributed by atoms with Gasteiger partial charge in [0, 0.05) is 45.3 Å². The van der Waals surface area contributed by atoms with E-state index in [-0.39, 0.29) is 6.09 Å². The lowest BCUT2D eigenvalue weighted by Gasteiger charge is -2.35. The number of nitrogens with zero attached hydrogens (tertiary/aromatic N) is 5. The lowest BCUT2D eigenvalue weighted by atomic mass is 9.99. The molecule has 2 fully saturated rings. The zero-order valence-corrected chi connectivity index (χ0v) is 14.6. The third-order valence-corrected chi connectivity index (χ3v) is 4.88. The maximum absolute atomic E-state index is 11.8. The van der Waals surface area contributed by atoms with Gasteiger partial charge in [0.1, 0.15) is 18.0 Å². The highest BCUT2D eigenvalue weighted by molar-refractivity contribution is 5.68. The topological polar surface area (TPSA) is 61.8 Å². The Morgan fingerprint density at radius 1 is 1.08 bits per heavy atom. The average Bonchev–Trinajstić information content (AvgIpc) is 2.63. The van der Waals surface area contributed by atoms with Crippen molar-refractivity contribution >= 4 is 17.7 Å². The van der Waals surface area contributed by atoms with E-state index in [1.54, 1.807) is 11.2 Å². The van der Waals surface area contributed by atoms with Crippen molar-refractivity contribution in [2.75, 3.05) is 55.7 Å². The SMILES string of the molecule is CCOC(=O)N1CCN(c2cc(N3CCC(C)CC3)ncn2)CC1. The number of hydrogen-bond donors (Lipinski definition) is 0. The van der Waals surface area contributed by atoms with Gasteiger partial charge in [0.05, 0.1) is 6.61 Å². The van der Waals surface area contributed by atoms with Crippen molar-refractivity contribution in [1.29, 1.82) is 0 Å². The van der Waals surface area contributed by atoms with Crippen LogP contribution in [0.25, 0.3) is 0 Å². The molecule has 1 aromatic rings. The molecule has 7 nitrogen and oxygen atoms in total. The van der Waals surface area contributed by atoms with Gasteiger partial charge in [0.25, 0.3) is 0 Å². The molecule has 1 amide bonds. The molecule has 0 aliphatic carbocycles. The van der Waals surface area contributed by atoms with Gasteiger partial charge < -0.3 is 19.4 Å². The summed E-state index contributed by atoms with van der Waals surface area (Å²) in [7, 11) is 0. The minimum absolute atomic E-state index is 0.219. The Kier molecular flexibility index (Phi) is 5.37. The monoisotopic (exact) mass is 333 g/mol. The molecule has 3 rings (SSSR count). The van der Waals surface area contributed by atoms with Crippen molar-refractivity contribution in [2.45, 2.75) is 26.7 Å². The summed E-state index contributed by atoms with van der Waals surface area (Å²) in [5, 5.41) is 0. The molecule has 2 aliphatic rings. The molecule has 0 N–H and O–H groups in total. The first-order valence-electron chi connectivity index (χ1n) is 8.91. The molecule has 0 spiro atoms. The quantitative estimate of drug-likeness (QED) is 0.843. The third-order valence-electron chi connectivity index (χ3n) is 4.88. The fraction of sp³-hybridized carbons (Fsp3) is 0.706. The molecule has 0 radical (unpaired) electrons. The van der Waals surface area contributed by atoms with Gasteiger partial charge in [-0.15, -0.1) is 0 Å². The molecule has 0 aromatic carbocycles. The molecule has 0 atom stereocenters. The molecule has 3 heterocycles. The zero-order valence-electron chi connectivity index (χ0n) is 14.6. The Bertz CT molecular complexity index is 552. The van der Waals surface area contributed by atoms with E-state index in [1.807, 2.05) is 6.92 Å². The summed E-state index contributed by atoms with van der Waals surface area (Å²) in [5.41, 5.74) is 0. The van der Waals surface area contributed by atoms with Crippen LogP contribution in [-0.2, 0) is 4.74 Å².